The van der Waals surface area contributed by atoms with Gasteiger partial charge in [-0.1, -0.05) is 0 Å². The standard InChI is InChI=1S/C4H7NO4.K/c5-2(4(8)9)1-3(6)7;/h2H,1,5H2,(H,6,7)(H,8,9);/q;+1. The molecule has 0 saturated heterocycles. The van der Waals surface area contributed by atoms with Crippen molar-refractivity contribution in [2.24, 2.45) is 5.73 Å². The molecule has 0 aromatic heterocycles. The van der Waals surface area contributed by atoms with Crippen molar-refractivity contribution in [1.29, 1.82) is 0 Å². The maximum Gasteiger partial charge on any atom is 1.00 e. The maximum atomic E-state index is 9.85. The first-order chi connectivity index (χ1) is 4.04. The molecule has 0 fully saturated rings. The molecule has 0 rings (SSSR count). The Balaban J connectivity index is 0. The second-order valence-corrected chi connectivity index (χ2v) is 1.54. The third kappa shape index (κ3) is 6.65. The van der Waals surface area contributed by atoms with Gasteiger partial charge in [-0.25, -0.2) is 0 Å². The van der Waals surface area contributed by atoms with Gasteiger partial charge in [-0.2, -0.15) is 0 Å². The molecule has 0 amide bonds. The van der Waals surface area contributed by atoms with Gasteiger partial charge in [0.05, 0.1) is 6.42 Å². The first-order valence-electron chi connectivity index (χ1n) is 2.24. The predicted octanol–water partition coefficient (Wildman–Crippen LogP) is -4.12. The van der Waals surface area contributed by atoms with Gasteiger partial charge in [0, 0.05) is 0 Å². The average Bonchev–Trinajstić information content (AvgIpc) is 1.63. The summed E-state index contributed by atoms with van der Waals surface area (Å²) in [7, 11) is 0. The Morgan fingerprint density at radius 3 is 1.90 bits per heavy atom. The van der Waals surface area contributed by atoms with E-state index in [0.29, 0.717) is 0 Å². The minimum atomic E-state index is -1.29. The zero-order chi connectivity index (χ0) is 7.44. The van der Waals surface area contributed by atoms with E-state index in [0.717, 1.165) is 0 Å². The van der Waals surface area contributed by atoms with E-state index >= 15 is 0 Å². The Hall–Kier alpha value is 0.536. The number of carboxylic acids is 2. The third-order valence-corrected chi connectivity index (χ3v) is 0.712. The molecule has 1 unspecified atom stereocenters. The fraction of sp³-hybridized carbons (Fsp3) is 0.500. The summed E-state index contributed by atoms with van der Waals surface area (Å²) in [5, 5.41) is 16.0. The summed E-state index contributed by atoms with van der Waals surface area (Å²) < 4.78 is 0. The first kappa shape index (κ1) is 13.1. The summed E-state index contributed by atoms with van der Waals surface area (Å²) >= 11 is 0. The SMILES string of the molecule is NC(CC(=O)O)C(=O)O.[K+]. The first-order valence-corrected chi connectivity index (χ1v) is 2.24. The van der Waals surface area contributed by atoms with E-state index in [1.54, 1.807) is 0 Å². The van der Waals surface area contributed by atoms with Gasteiger partial charge in [-0.15, -0.1) is 0 Å². The zero-order valence-corrected chi connectivity index (χ0v) is 8.70. The van der Waals surface area contributed by atoms with E-state index in [4.69, 9.17) is 15.9 Å². The number of nitrogens with two attached hydrogens (primary N) is 1. The summed E-state index contributed by atoms with van der Waals surface area (Å²) in [5.74, 6) is -2.50. The van der Waals surface area contributed by atoms with Crippen LogP contribution in [-0.2, 0) is 9.59 Å². The Labute approximate surface area is 100 Å². The minimum Gasteiger partial charge on any atom is -0.481 e. The molecule has 10 heavy (non-hydrogen) atoms. The molecule has 0 aromatic carbocycles. The fourth-order valence-corrected chi connectivity index (χ4v) is 0.275. The van der Waals surface area contributed by atoms with Crippen LogP contribution in [0.5, 0.6) is 0 Å². The summed E-state index contributed by atoms with van der Waals surface area (Å²) in [6, 6.07) is -1.29. The zero-order valence-electron chi connectivity index (χ0n) is 5.57. The Morgan fingerprint density at radius 2 is 1.80 bits per heavy atom. The maximum absolute atomic E-state index is 9.85. The van der Waals surface area contributed by atoms with Crippen LogP contribution in [0.15, 0.2) is 0 Å². The van der Waals surface area contributed by atoms with E-state index in [1.807, 2.05) is 0 Å². The molecule has 0 radical (unpaired) electrons. The number of carbonyl (C=O) groups is 2. The van der Waals surface area contributed by atoms with Gasteiger partial charge < -0.3 is 15.9 Å². The van der Waals surface area contributed by atoms with Crippen LogP contribution >= 0.6 is 0 Å². The van der Waals surface area contributed by atoms with Gasteiger partial charge in [-0.3, -0.25) is 9.59 Å². The van der Waals surface area contributed by atoms with Crippen molar-refractivity contribution in [3.8, 4) is 0 Å². The Kier molecular flexibility index (Phi) is 8.23. The van der Waals surface area contributed by atoms with Gasteiger partial charge in [0.25, 0.3) is 0 Å². The molecular formula is C4H7KNO4+. The van der Waals surface area contributed by atoms with E-state index in [-0.39, 0.29) is 51.4 Å². The number of carboxylic acid groups (broad SMARTS) is 2. The van der Waals surface area contributed by atoms with Crippen LogP contribution in [0, 0.1) is 0 Å². The van der Waals surface area contributed by atoms with Crippen molar-refractivity contribution in [2.75, 3.05) is 0 Å². The van der Waals surface area contributed by atoms with Gasteiger partial charge in [0.15, 0.2) is 0 Å². The van der Waals surface area contributed by atoms with Crippen molar-refractivity contribution < 1.29 is 71.2 Å². The average molecular weight is 172 g/mol. The van der Waals surface area contributed by atoms with Crippen LogP contribution in [0.4, 0.5) is 0 Å². The molecule has 0 aliphatic carbocycles. The normalized spacial score (nSPS) is 11.3. The van der Waals surface area contributed by atoms with Crippen molar-refractivity contribution in [3.63, 3.8) is 0 Å². The number of aliphatic carboxylic acids is 2. The third-order valence-electron chi connectivity index (χ3n) is 0.712. The van der Waals surface area contributed by atoms with Crippen LogP contribution in [0.2, 0.25) is 0 Å². The van der Waals surface area contributed by atoms with Crippen molar-refractivity contribution in [3.05, 3.63) is 0 Å². The van der Waals surface area contributed by atoms with Gasteiger partial charge in [0.1, 0.15) is 6.04 Å². The molecule has 0 aromatic rings. The van der Waals surface area contributed by atoms with Crippen molar-refractivity contribution in [2.45, 2.75) is 12.5 Å². The number of hydrogen-bond donors (Lipinski definition) is 3. The topological polar surface area (TPSA) is 101 Å². The van der Waals surface area contributed by atoms with Gasteiger partial charge in [0.2, 0.25) is 0 Å². The fourth-order valence-electron chi connectivity index (χ4n) is 0.275. The monoisotopic (exact) mass is 172 g/mol. The van der Waals surface area contributed by atoms with Crippen LogP contribution < -0.4 is 57.1 Å². The molecule has 5 nitrogen and oxygen atoms in total. The summed E-state index contributed by atoms with van der Waals surface area (Å²) in [6.45, 7) is 0. The molecule has 0 spiro atoms. The van der Waals surface area contributed by atoms with E-state index < -0.39 is 24.4 Å². The summed E-state index contributed by atoms with van der Waals surface area (Å²) in [5.41, 5.74) is 4.84. The smallest absolute Gasteiger partial charge is 0.481 e. The molecule has 0 heterocycles. The molecule has 1 atom stereocenters. The van der Waals surface area contributed by atoms with E-state index in [1.165, 1.54) is 0 Å². The quantitative estimate of drug-likeness (QED) is 0.375. The molecule has 0 aliphatic heterocycles. The van der Waals surface area contributed by atoms with Crippen molar-refractivity contribution >= 4 is 11.9 Å². The largest absolute Gasteiger partial charge is 1.00 e. The minimum absolute atomic E-state index is 0. The second kappa shape index (κ2) is 6.26. The molecule has 6 heteroatoms. The molecule has 0 aliphatic rings. The van der Waals surface area contributed by atoms with Crippen molar-refractivity contribution in [1.82, 2.24) is 0 Å². The summed E-state index contributed by atoms with van der Waals surface area (Å²) in [6.07, 6.45) is -0.532. The van der Waals surface area contributed by atoms with Gasteiger partial charge >= 0.3 is 63.3 Å². The Bertz CT molecular complexity index is 137. The number of rotatable bonds is 3. The van der Waals surface area contributed by atoms with E-state index in [9.17, 15) is 9.59 Å². The van der Waals surface area contributed by atoms with Crippen LogP contribution in [0.3, 0.4) is 0 Å². The van der Waals surface area contributed by atoms with Crippen LogP contribution in [0.25, 0.3) is 0 Å². The molecule has 52 valence electrons. The Morgan fingerprint density at radius 1 is 1.40 bits per heavy atom. The number of hydrogen-bond acceptors (Lipinski definition) is 3. The van der Waals surface area contributed by atoms with Crippen LogP contribution in [-0.4, -0.2) is 28.2 Å². The predicted molar refractivity (Wildman–Crippen MR) is 27.9 cm³/mol. The molecule has 0 saturated carbocycles. The summed E-state index contributed by atoms with van der Waals surface area (Å²) in [4.78, 5) is 19.6. The second-order valence-electron chi connectivity index (χ2n) is 1.54. The van der Waals surface area contributed by atoms with Gasteiger partial charge in [-0.05, 0) is 0 Å². The molecule has 4 N–H and O–H groups in total. The molecule has 0 bridgehead atoms. The molecular weight excluding hydrogens is 165 g/mol. The van der Waals surface area contributed by atoms with E-state index in [2.05, 4.69) is 0 Å². The van der Waals surface area contributed by atoms with Crippen LogP contribution in [0.1, 0.15) is 6.42 Å².